The highest BCUT2D eigenvalue weighted by molar-refractivity contribution is 5.93. The van der Waals surface area contributed by atoms with E-state index in [0.29, 0.717) is 43.4 Å². The van der Waals surface area contributed by atoms with Gasteiger partial charge in [0, 0.05) is 24.5 Å². The molecule has 0 radical (unpaired) electrons. The Morgan fingerprint density at radius 1 is 1.20 bits per heavy atom. The summed E-state index contributed by atoms with van der Waals surface area (Å²) in [5.41, 5.74) is 1.14. The second-order valence-corrected chi connectivity index (χ2v) is 6.41. The number of nitrogens with one attached hydrogen (secondary N) is 1. The highest BCUT2D eigenvalue weighted by atomic mass is 16.4. The number of carboxylic acids is 1. The first-order valence-corrected chi connectivity index (χ1v) is 7.27. The third-order valence-electron chi connectivity index (χ3n) is 4.93. The van der Waals surface area contributed by atoms with Crippen LogP contribution in [0.15, 0.2) is 11.3 Å². The minimum atomic E-state index is -0.922. The molecule has 0 aromatic heterocycles. The second kappa shape index (κ2) is 4.72. The predicted octanol–water partition coefficient (Wildman–Crippen LogP) is 1.77. The van der Waals surface area contributed by atoms with Crippen molar-refractivity contribution in [1.29, 1.82) is 0 Å². The predicted molar refractivity (Wildman–Crippen MR) is 70.7 cm³/mol. The quantitative estimate of drug-likeness (QED) is 0.823. The molecule has 20 heavy (non-hydrogen) atoms. The van der Waals surface area contributed by atoms with E-state index >= 15 is 0 Å². The molecule has 1 unspecified atom stereocenters. The highest BCUT2D eigenvalue weighted by Gasteiger charge is 2.47. The molecule has 0 aliphatic heterocycles. The summed E-state index contributed by atoms with van der Waals surface area (Å²) in [6, 6.07) is 0. The summed E-state index contributed by atoms with van der Waals surface area (Å²) in [6.07, 6.45) is 5.71. The van der Waals surface area contributed by atoms with Crippen LogP contribution in [0.25, 0.3) is 0 Å². The van der Waals surface area contributed by atoms with Crippen molar-refractivity contribution >= 4 is 17.7 Å². The summed E-state index contributed by atoms with van der Waals surface area (Å²) in [5.74, 6) is -1.26. The summed E-state index contributed by atoms with van der Waals surface area (Å²) >= 11 is 0. The van der Waals surface area contributed by atoms with Gasteiger partial charge in [-0.1, -0.05) is 0 Å². The molecule has 0 bridgehead atoms. The van der Waals surface area contributed by atoms with Gasteiger partial charge in [0.05, 0.1) is 5.57 Å². The SMILES string of the molecule is O=C1CCC(C(=O)NC2=C(C(=O)O)CC3(CC2)CC3)C1. The molecule has 1 atom stereocenters. The van der Waals surface area contributed by atoms with Gasteiger partial charge in [-0.3, -0.25) is 9.59 Å². The number of amides is 1. The molecule has 0 heterocycles. The largest absolute Gasteiger partial charge is 0.478 e. The lowest BCUT2D eigenvalue weighted by Gasteiger charge is -2.26. The Hall–Kier alpha value is -1.65. The van der Waals surface area contributed by atoms with Gasteiger partial charge in [-0.15, -0.1) is 0 Å². The van der Waals surface area contributed by atoms with Crippen LogP contribution < -0.4 is 5.32 Å². The lowest BCUT2D eigenvalue weighted by atomic mass is 9.84. The molecule has 0 aromatic rings. The van der Waals surface area contributed by atoms with Crippen molar-refractivity contribution in [2.45, 2.75) is 51.4 Å². The number of allylic oxidation sites excluding steroid dienone is 1. The van der Waals surface area contributed by atoms with Gasteiger partial charge in [0.25, 0.3) is 0 Å². The lowest BCUT2D eigenvalue weighted by Crippen LogP contribution is -2.33. The molecule has 5 nitrogen and oxygen atoms in total. The number of rotatable bonds is 3. The number of carboxylic acid groups (broad SMARTS) is 1. The van der Waals surface area contributed by atoms with E-state index in [1.54, 1.807) is 0 Å². The maximum Gasteiger partial charge on any atom is 0.333 e. The number of ketones is 1. The third kappa shape index (κ3) is 2.49. The van der Waals surface area contributed by atoms with Gasteiger partial charge >= 0.3 is 5.97 Å². The number of hydrogen-bond donors (Lipinski definition) is 2. The number of Topliss-reactive ketones (excluding diaryl/α,β-unsaturated/α-hetero) is 1. The van der Waals surface area contributed by atoms with E-state index in [0.717, 1.165) is 19.3 Å². The van der Waals surface area contributed by atoms with E-state index < -0.39 is 5.97 Å². The van der Waals surface area contributed by atoms with Crippen LogP contribution in [0.3, 0.4) is 0 Å². The molecular formula is C15H19NO4. The molecule has 1 amide bonds. The van der Waals surface area contributed by atoms with Crippen LogP contribution in [0.5, 0.6) is 0 Å². The Kier molecular flexibility index (Phi) is 3.15. The zero-order valence-corrected chi connectivity index (χ0v) is 11.4. The van der Waals surface area contributed by atoms with Crippen molar-refractivity contribution in [2.24, 2.45) is 11.3 Å². The summed E-state index contributed by atoms with van der Waals surface area (Å²) in [4.78, 5) is 34.7. The molecule has 3 rings (SSSR count). The van der Waals surface area contributed by atoms with Gasteiger partial charge in [-0.25, -0.2) is 4.79 Å². The van der Waals surface area contributed by atoms with Crippen LogP contribution in [0.4, 0.5) is 0 Å². The summed E-state index contributed by atoms with van der Waals surface area (Å²) < 4.78 is 0. The number of carbonyl (C=O) groups is 3. The van der Waals surface area contributed by atoms with E-state index in [1.807, 2.05) is 0 Å². The van der Waals surface area contributed by atoms with Crippen LogP contribution in [-0.4, -0.2) is 22.8 Å². The fourth-order valence-corrected chi connectivity index (χ4v) is 3.35. The lowest BCUT2D eigenvalue weighted by molar-refractivity contribution is -0.133. The Morgan fingerprint density at radius 3 is 2.50 bits per heavy atom. The van der Waals surface area contributed by atoms with Gasteiger partial charge in [-0.05, 0) is 43.9 Å². The molecule has 1 spiro atoms. The van der Waals surface area contributed by atoms with E-state index in [-0.39, 0.29) is 23.0 Å². The molecule has 3 aliphatic rings. The van der Waals surface area contributed by atoms with Crippen molar-refractivity contribution in [3.8, 4) is 0 Å². The normalized spacial score (nSPS) is 27.8. The average Bonchev–Trinajstić information content (AvgIpc) is 3.01. The van der Waals surface area contributed by atoms with Gasteiger partial charge in [0.2, 0.25) is 5.91 Å². The minimum absolute atomic E-state index is 0.123. The Labute approximate surface area is 117 Å². The van der Waals surface area contributed by atoms with Crippen molar-refractivity contribution in [3.63, 3.8) is 0 Å². The van der Waals surface area contributed by atoms with E-state index in [1.165, 1.54) is 0 Å². The number of aliphatic carboxylic acids is 1. The topological polar surface area (TPSA) is 83.5 Å². The summed E-state index contributed by atoms with van der Waals surface area (Å²) in [6.45, 7) is 0. The summed E-state index contributed by atoms with van der Waals surface area (Å²) in [5, 5.41) is 12.1. The molecule has 3 aliphatic carbocycles. The van der Waals surface area contributed by atoms with E-state index in [2.05, 4.69) is 5.32 Å². The van der Waals surface area contributed by atoms with Gasteiger partial charge in [0.15, 0.2) is 0 Å². The molecule has 2 fully saturated rings. The smallest absolute Gasteiger partial charge is 0.333 e. The van der Waals surface area contributed by atoms with E-state index in [9.17, 15) is 19.5 Å². The Bertz CT molecular complexity index is 516. The van der Waals surface area contributed by atoms with Crippen molar-refractivity contribution in [2.75, 3.05) is 0 Å². The fraction of sp³-hybridized carbons (Fsp3) is 0.667. The molecule has 108 valence electrons. The highest BCUT2D eigenvalue weighted by Crippen LogP contribution is 2.57. The zero-order chi connectivity index (χ0) is 14.3. The maximum atomic E-state index is 12.1. The minimum Gasteiger partial charge on any atom is -0.478 e. The number of carbonyl (C=O) groups excluding carboxylic acids is 2. The monoisotopic (exact) mass is 277 g/mol. The van der Waals surface area contributed by atoms with Crippen molar-refractivity contribution < 1.29 is 19.5 Å². The standard InChI is InChI=1S/C15H19NO4/c17-10-2-1-9(7-10)13(18)16-12-3-4-15(5-6-15)8-11(12)14(19)20/h9H,1-8H2,(H,16,18)(H,19,20). The number of hydrogen-bond acceptors (Lipinski definition) is 3. The Morgan fingerprint density at radius 2 is 1.95 bits per heavy atom. The maximum absolute atomic E-state index is 12.1. The third-order valence-corrected chi connectivity index (χ3v) is 4.93. The first kappa shape index (κ1) is 13.3. The van der Waals surface area contributed by atoms with Crippen LogP contribution in [0.2, 0.25) is 0 Å². The van der Waals surface area contributed by atoms with Gasteiger partial charge in [0.1, 0.15) is 5.78 Å². The molecular weight excluding hydrogens is 258 g/mol. The van der Waals surface area contributed by atoms with E-state index in [4.69, 9.17) is 0 Å². The molecule has 0 saturated heterocycles. The van der Waals surface area contributed by atoms with Crippen LogP contribution >= 0.6 is 0 Å². The molecule has 5 heteroatoms. The Balaban J connectivity index is 1.72. The molecule has 2 N–H and O–H groups in total. The van der Waals surface area contributed by atoms with Gasteiger partial charge in [-0.2, -0.15) is 0 Å². The first-order chi connectivity index (χ1) is 9.49. The van der Waals surface area contributed by atoms with Crippen LogP contribution in [0, 0.1) is 11.3 Å². The zero-order valence-electron chi connectivity index (χ0n) is 11.4. The van der Waals surface area contributed by atoms with Crippen LogP contribution in [0.1, 0.15) is 51.4 Å². The van der Waals surface area contributed by atoms with Crippen molar-refractivity contribution in [3.05, 3.63) is 11.3 Å². The molecule has 0 aromatic carbocycles. The molecule has 2 saturated carbocycles. The van der Waals surface area contributed by atoms with Crippen molar-refractivity contribution in [1.82, 2.24) is 5.32 Å². The summed E-state index contributed by atoms with van der Waals surface area (Å²) in [7, 11) is 0. The fourth-order valence-electron chi connectivity index (χ4n) is 3.35. The second-order valence-electron chi connectivity index (χ2n) is 6.41. The first-order valence-electron chi connectivity index (χ1n) is 7.27. The van der Waals surface area contributed by atoms with Gasteiger partial charge < -0.3 is 10.4 Å². The van der Waals surface area contributed by atoms with Crippen LogP contribution in [-0.2, 0) is 14.4 Å². The average molecular weight is 277 g/mol.